The Labute approximate surface area is 206 Å². The number of Topliss-reactive ketones (excluding diaryl/α,β-unsaturated/α-hetero) is 2. The van der Waals surface area contributed by atoms with Crippen LogP contribution < -0.4 is 10.6 Å². The predicted molar refractivity (Wildman–Crippen MR) is 127 cm³/mol. The molecule has 0 spiro atoms. The summed E-state index contributed by atoms with van der Waals surface area (Å²) in [6, 6.07) is 5.79. The molecule has 11 heteroatoms. The number of hydrogen-bond acceptors (Lipinski definition) is 8. The van der Waals surface area contributed by atoms with Crippen LogP contribution in [0.5, 0.6) is 0 Å². The molecule has 33 heavy (non-hydrogen) atoms. The minimum Gasteiger partial charge on any atom is -0.467 e. The number of esters is 2. The fraction of sp³-hybridized carbons (Fsp3) is 0.273. The molecule has 0 aliphatic heterocycles. The molecule has 0 amide bonds. The Morgan fingerprint density at radius 1 is 0.970 bits per heavy atom. The number of hydrogen-bond donors (Lipinski definition) is 3. The second kappa shape index (κ2) is 10.3. The number of nitrogens with one attached hydrogen (secondary N) is 3. The molecule has 1 aromatic carbocycles. The maximum absolute atomic E-state index is 13.1. The number of carbonyl (C=O) groups is 4. The zero-order valence-corrected chi connectivity index (χ0v) is 21.1. The van der Waals surface area contributed by atoms with Gasteiger partial charge in [-0.05, 0) is 50.4 Å². The third kappa shape index (κ3) is 5.03. The van der Waals surface area contributed by atoms with Gasteiger partial charge in [-0.1, -0.05) is 18.2 Å². The number of allylic oxidation sites excluding steroid dienone is 2. The molecule has 0 unspecified atom stereocenters. The van der Waals surface area contributed by atoms with Crippen LogP contribution in [0.4, 0.5) is 0 Å². The Morgan fingerprint density at radius 2 is 1.55 bits per heavy atom. The van der Waals surface area contributed by atoms with Crippen LogP contribution in [0, 0.1) is 0 Å². The summed E-state index contributed by atoms with van der Waals surface area (Å²) < 4.78 is 9.40. The van der Waals surface area contributed by atoms with Gasteiger partial charge in [0.15, 0.2) is 0 Å². The standard InChI is InChI=1S/C22H21Br2N3O6/c1-10(21(30)32-2)26-17-15(23)20(29)18(16(24)19(17)28)27-14(22(31)33-3)8-11-9-25-13-7-5-4-6-12(11)13/h4-7,9-10,14,25-27H,8H2,1-3H3/t10-,14-/m0/s1. The SMILES string of the molecule is COC(=O)[C@H](C)NC1=C(Br)C(=O)C(N[C@@H](Cc2c[nH]c3ccccc23)C(=O)OC)=C(Br)C1=O. The van der Waals surface area contributed by atoms with E-state index in [1.165, 1.54) is 21.1 Å². The lowest BCUT2D eigenvalue weighted by atomic mass is 10.0. The van der Waals surface area contributed by atoms with Crippen LogP contribution in [0.3, 0.4) is 0 Å². The molecule has 0 saturated carbocycles. The molecular formula is C22H21Br2N3O6. The third-order valence-corrected chi connectivity index (χ3v) is 6.62. The van der Waals surface area contributed by atoms with E-state index in [4.69, 9.17) is 4.74 Å². The number of ketones is 2. The van der Waals surface area contributed by atoms with E-state index < -0.39 is 35.6 Å². The quantitative estimate of drug-likeness (QED) is 0.320. The molecule has 0 bridgehead atoms. The van der Waals surface area contributed by atoms with Crippen LogP contribution in [-0.4, -0.2) is 54.8 Å². The largest absolute Gasteiger partial charge is 0.467 e. The van der Waals surface area contributed by atoms with Gasteiger partial charge in [-0.15, -0.1) is 0 Å². The summed E-state index contributed by atoms with van der Waals surface area (Å²) >= 11 is 6.31. The van der Waals surface area contributed by atoms with E-state index in [-0.39, 0.29) is 26.8 Å². The highest BCUT2D eigenvalue weighted by Crippen LogP contribution is 2.30. The van der Waals surface area contributed by atoms with Gasteiger partial charge in [0.25, 0.3) is 0 Å². The number of aromatic nitrogens is 1. The molecule has 1 aromatic heterocycles. The van der Waals surface area contributed by atoms with Crippen molar-refractivity contribution >= 4 is 66.3 Å². The number of rotatable bonds is 8. The van der Waals surface area contributed by atoms with Gasteiger partial charge >= 0.3 is 11.9 Å². The second-order valence-electron chi connectivity index (χ2n) is 7.21. The normalized spacial score (nSPS) is 16.0. The average Bonchev–Trinajstić information content (AvgIpc) is 3.24. The summed E-state index contributed by atoms with van der Waals surface area (Å²) in [5, 5.41) is 6.49. The van der Waals surface area contributed by atoms with Crippen molar-refractivity contribution in [2.75, 3.05) is 14.2 Å². The van der Waals surface area contributed by atoms with Crippen molar-refractivity contribution in [3.63, 3.8) is 0 Å². The molecule has 1 heterocycles. The van der Waals surface area contributed by atoms with Crippen molar-refractivity contribution in [2.45, 2.75) is 25.4 Å². The first-order chi connectivity index (χ1) is 15.7. The highest BCUT2D eigenvalue weighted by Gasteiger charge is 2.36. The molecule has 0 fully saturated rings. The van der Waals surface area contributed by atoms with E-state index >= 15 is 0 Å². The Balaban J connectivity index is 1.89. The first-order valence-corrected chi connectivity index (χ1v) is 11.4. The van der Waals surface area contributed by atoms with Crippen LogP contribution in [-0.2, 0) is 35.1 Å². The molecule has 2 atom stereocenters. The van der Waals surface area contributed by atoms with Crippen molar-refractivity contribution in [3.05, 3.63) is 56.4 Å². The molecular weight excluding hydrogens is 562 g/mol. The van der Waals surface area contributed by atoms with E-state index in [2.05, 4.69) is 52.2 Å². The van der Waals surface area contributed by atoms with E-state index in [0.717, 1.165) is 16.5 Å². The van der Waals surface area contributed by atoms with Crippen molar-refractivity contribution in [1.82, 2.24) is 15.6 Å². The minimum absolute atomic E-state index is 0.0790. The van der Waals surface area contributed by atoms with Gasteiger partial charge in [0.2, 0.25) is 11.6 Å². The highest BCUT2D eigenvalue weighted by atomic mass is 79.9. The summed E-state index contributed by atoms with van der Waals surface area (Å²) in [4.78, 5) is 53.4. The number of fused-ring (bicyclic) bond motifs is 1. The van der Waals surface area contributed by atoms with Crippen molar-refractivity contribution in [3.8, 4) is 0 Å². The number of carbonyl (C=O) groups excluding carboxylic acids is 4. The Kier molecular flexibility index (Phi) is 7.75. The molecule has 1 aliphatic rings. The van der Waals surface area contributed by atoms with Crippen LogP contribution >= 0.6 is 31.9 Å². The lowest BCUT2D eigenvalue weighted by Gasteiger charge is -2.25. The lowest BCUT2D eigenvalue weighted by molar-refractivity contribution is -0.143. The van der Waals surface area contributed by atoms with Gasteiger partial charge < -0.3 is 25.1 Å². The Morgan fingerprint density at radius 3 is 2.15 bits per heavy atom. The summed E-state index contributed by atoms with van der Waals surface area (Å²) in [5.41, 5.74) is 1.55. The molecule has 0 radical (unpaired) electrons. The van der Waals surface area contributed by atoms with E-state index in [1.807, 2.05) is 24.3 Å². The number of benzene rings is 1. The molecule has 174 valence electrons. The maximum atomic E-state index is 13.1. The predicted octanol–water partition coefficient (Wildman–Crippen LogP) is 2.36. The van der Waals surface area contributed by atoms with Crippen LogP contribution in [0.25, 0.3) is 10.9 Å². The lowest BCUT2D eigenvalue weighted by Crippen LogP contribution is -2.44. The monoisotopic (exact) mass is 581 g/mol. The van der Waals surface area contributed by atoms with Gasteiger partial charge in [-0.25, -0.2) is 9.59 Å². The number of H-pyrrole nitrogens is 1. The van der Waals surface area contributed by atoms with Crippen LogP contribution in [0.15, 0.2) is 50.8 Å². The summed E-state index contributed by atoms with van der Waals surface area (Å²) in [6.45, 7) is 1.50. The molecule has 1 aliphatic carbocycles. The van der Waals surface area contributed by atoms with Gasteiger partial charge in [-0.2, -0.15) is 0 Å². The summed E-state index contributed by atoms with van der Waals surface area (Å²) in [5.74, 6) is -2.35. The number of ether oxygens (including phenoxy) is 2. The van der Waals surface area contributed by atoms with Crippen molar-refractivity contribution in [2.24, 2.45) is 0 Å². The van der Waals surface area contributed by atoms with Gasteiger partial charge in [0, 0.05) is 23.5 Å². The van der Waals surface area contributed by atoms with Crippen molar-refractivity contribution < 1.29 is 28.7 Å². The Hall–Kier alpha value is -2.92. The second-order valence-corrected chi connectivity index (χ2v) is 8.80. The minimum atomic E-state index is -0.947. The molecule has 3 N–H and O–H groups in total. The Bertz CT molecular complexity index is 1200. The zero-order chi connectivity index (χ0) is 24.3. The first-order valence-electron chi connectivity index (χ1n) is 9.82. The first kappa shape index (κ1) is 24.7. The van der Waals surface area contributed by atoms with Crippen molar-refractivity contribution in [1.29, 1.82) is 0 Å². The average molecular weight is 583 g/mol. The number of methoxy groups -OCH3 is 2. The van der Waals surface area contributed by atoms with Gasteiger partial charge in [-0.3, -0.25) is 9.59 Å². The number of para-hydroxylation sites is 1. The summed E-state index contributed by atoms with van der Waals surface area (Å²) in [6.07, 6.45) is 1.99. The molecule has 3 rings (SSSR count). The molecule has 0 saturated heterocycles. The molecule has 9 nitrogen and oxygen atoms in total. The smallest absolute Gasteiger partial charge is 0.328 e. The van der Waals surface area contributed by atoms with E-state index in [0.29, 0.717) is 0 Å². The maximum Gasteiger partial charge on any atom is 0.328 e. The van der Waals surface area contributed by atoms with Crippen LogP contribution in [0.2, 0.25) is 0 Å². The molecule has 2 aromatic rings. The van der Waals surface area contributed by atoms with Gasteiger partial charge in [0.05, 0.1) is 23.2 Å². The summed E-state index contributed by atoms with van der Waals surface area (Å²) in [7, 11) is 2.46. The number of aromatic amines is 1. The zero-order valence-electron chi connectivity index (χ0n) is 18.0. The fourth-order valence-corrected chi connectivity index (χ4v) is 4.37. The van der Waals surface area contributed by atoms with Gasteiger partial charge in [0.1, 0.15) is 23.5 Å². The van der Waals surface area contributed by atoms with E-state index in [9.17, 15) is 19.2 Å². The number of halogens is 2. The van der Waals surface area contributed by atoms with Crippen LogP contribution in [0.1, 0.15) is 12.5 Å². The third-order valence-electron chi connectivity index (χ3n) is 5.11. The topological polar surface area (TPSA) is 127 Å². The fourth-order valence-electron chi connectivity index (χ4n) is 3.39. The van der Waals surface area contributed by atoms with E-state index in [1.54, 1.807) is 6.20 Å². The highest BCUT2D eigenvalue weighted by molar-refractivity contribution is 9.12.